The van der Waals surface area contributed by atoms with Crippen molar-refractivity contribution < 1.29 is 9.90 Å². The predicted octanol–water partition coefficient (Wildman–Crippen LogP) is 2.69. The number of H-pyrrole nitrogens is 1. The zero-order chi connectivity index (χ0) is 15.5. The molecule has 22 heavy (non-hydrogen) atoms. The highest BCUT2D eigenvalue weighted by atomic mass is 16.4. The molecule has 0 aliphatic heterocycles. The Morgan fingerprint density at radius 1 is 1.23 bits per heavy atom. The van der Waals surface area contributed by atoms with Crippen molar-refractivity contribution in [1.29, 1.82) is 0 Å². The van der Waals surface area contributed by atoms with Crippen LogP contribution in [0.15, 0.2) is 59.7 Å². The van der Waals surface area contributed by atoms with E-state index in [4.69, 9.17) is 5.11 Å². The van der Waals surface area contributed by atoms with Crippen LogP contribution in [0.25, 0.3) is 28.2 Å². The molecule has 5 heteroatoms. The molecule has 2 N–H and O–H groups in total. The number of benzene rings is 1. The van der Waals surface area contributed by atoms with Gasteiger partial charge in [-0.25, -0.2) is 4.79 Å². The quantitative estimate of drug-likeness (QED) is 0.727. The molecule has 0 bridgehead atoms. The Kier molecular flexibility index (Phi) is 3.53. The number of carboxylic acids is 1. The number of rotatable bonds is 3. The van der Waals surface area contributed by atoms with Crippen molar-refractivity contribution in [1.82, 2.24) is 9.97 Å². The van der Waals surface area contributed by atoms with Crippen LogP contribution in [0, 0.1) is 0 Å². The molecule has 0 aliphatic rings. The fourth-order valence-corrected chi connectivity index (χ4v) is 2.21. The number of pyridine rings is 2. The Hall–Kier alpha value is -3.21. The number of nitrogens with one attached hydrogen (secondary N) is 1. The van der Waals surface area contributed by atoms with Gasteiger partial charge in [-0.2, -0.15) is 0 Å². The number of carbonyl (C=O) groups is 1. The minimum Gasteiger partial charge on any atom is -0.478 e. The van der Waals surface area contributed by atoms with Crippen LogP contribution >= 0.6 is 0 Å². The van der Waals surface area contributed by atoms with Gasteiger partial charge in [-0.05, 0) is 35.9 Å². The van der Waals surface area contributed by atoms with Crippen LogP contribution < -0.4 is 5.43 Å². The molecular formula is C17H12N2O3. The highest BCUT2D eigenvalue weighted by molar-refractivity contribution is 5.88. The summed E-state index contributed by atoms with van der Waals surface area (Å²) in [4.78, 5) is 30.1. The van der Waals surface area contributed by atoms with Gasteiger partial charge in [0, 0.05) is 41.0 Å². The molecule has 0 saturated carbocycles. The van der Waals surface area contributed by atoms with Crippen molar-refractivity contribution >= 4 is 22.9 Å². The second-order valence-electron chi connectivity index (χ2n) is 4.77. The van der Waals surface area contributed by atoms with E-state index in [-0.39, 0.29) is 5.43 Å². The first-order valence-electron chi connectivity index (χ1n) is 6.62. The van der Waals surface area contributed by atoms with E-state index >= 15 is 0 Å². The minimum atomic E-state index is -1.03. The molecule has 3 rings (SSSR count). The average Bonchev–Trinajstić information content (AvgIpc) is 2.54. The first-order valence-corrected chi connectivity index (χ1v) is 6.62. The standard InChI is InChI=1S/C17H12N2O3/c20-16-9-15(12-2-1-7-18-10-12)19-14-5-3-11(8-13(14)16)4-6-17(21)22/h1-10H,(H,19,20)(H,21,22)/b6-4+. The molecule has 1 aromatic carbocycles. The molecule has 0 spiro atoms. The Morgan fingerprint density at radius 3 is 2.82 bits per heavy atom. The summed E-state index contributed by atoms with van der Waals surface area (Å²) in [6.07, 6.45) is 5.85. The molecule has 0 unspecified atom stereocenters. The molecule has 0 aliphatic carbocycles. The number of aliphatic carboxylic acids is 1. The lowest BCUT2D eigenvalue weighted by Crippen LogP contribution is -2.03. The van der Waals surface area contributed by atoms with Crippen LogP contribution in [0.2, 0.25) is 0 Å². The number of carboxylic acid groups (broad SMARTS) is 1. The van der Waals surface area contributed by atoms with E-state index in [0.717, 1.165) is 11.6 Å². The number of hydrogen-bond donors (Lipinski definition) is 2. The first kappa shape index (κ1) is 13.8. The summed E-state index contributed by atoms with van der Waals surface area (Å²) >= 11 is 0. The van der Waals surface area contributed by atoms with Gasteiger partial charge in [0.25, 0.3) is 0 Å². The van der Waals surface area contributed by atoms with Gasteiger partial charge in [0.15, 0.2) is 5.43 Å². The monoisotopic (exact) mass is 292 g/mol. The number of fused-ring (bicyclic) bond motifs is 1. The van der Waals surface area contributed by atoms with E-state index in [0.29, 0.717) is 22.2 Å². The van der Waals surface area contributed by atoms with Gasteiger partial charge in [-0.15, -0.1) is 0 Å². The average molecular weight is 292 g/mol. The zero-order valence-electron chi connectivity index (χ0n) is 11.5. The predicted molar refractivity (Wildman–Crippen MR) is 84.5 cm³/mol. The Balaban J connectivity index is 2.11. The van der Waals surface area contributed by atoms with Gasteiger partial charge >= 0.3 is 5.97 Å². The third-order valence-corrected chi connectivity index (χ3v) is 3.24. The molecular weight excluding hydrogens is 280 g/mol. The summed E-state index contributed by atoms with van der Waals surface area (Å²) in [6.45, 7) is 0. The second kappa shape index (κ2) is 5.65. The van der Waals surface area contributed by atoms with Crippen molar-refractivity contribution in [3.63, 3.8) is 0 Å². The fraction of sp³-hybridized carbons (Fsp3) is 0. The zero-order valence-corrected chi connectivity index (χ0v) is 11.5. The molecule has 0 saturated heterocycles. The van der Waals surface area contributed by atoms with Crippen molar-refractivity contribution in [2.24, 2.45) is 0 Å². The molecule has 108 valence electrons. The lowest BCUT2D eigenvalue weighted by atomic mass is 10.1. The van der Waals surface area contributed by atoms with Gasteiger partial charge in [0.05, 0.1) is 5.69 Å². The molecule has 0 amide bonds. The summed E-state index contributed by atoms with van der Waals surface area (Å²) in [6, 6.07) is 10.4. The molecule has 2 aromatic heterocycles. The maximum absolute atomic E-state index is 12.3. The summed E-state index contributed by atoms with van der Waals surface area (Å²) in [7, 11) is 0. The van der Waals surface area contributed by atoms with Gasteiger partial charge in [-0.1, -0.05) is 6.07 Å². The molecule has 0 fully saturated rings. The highest BCUT2D eigenvalue weighted by Gasteiger charge is 2.05. The van der Waals surface area contributed by atoms with E-state index in [1.165, 1.54) is 12.1 Å². The Bertz CT molecular complexity index is 928. The normalized spacial score (nSPS) is 11.1. The van der Waals surface area contributed by atoms with Crippen LogP contribution in [0.4, 0.5) is 0 Å². The number of aromatic amines is 1. The molecule has 3 aromatic rings. The first-order chi connectivity index (χ1) is 10.6. The second-order valence-corrected chi connectivity index (χ2v) is 4.77. The van der Waals surface area contributed by atoms with Crippen molar-refractivity contribution in [3.8, 4) is 11.3 Å². The smallest absolute Gasteiger partial charge is 0.328 e. The maximum atomic E-state index is 12.3. The van der Waals surface area contributed by atoms with Gasteiger partial charge < -0.3 is 10.1 Å². The SMILES string of the molecule is O=C(O)/C=C/c1ccc2[nH]c(-c3cccnc3)cc(=O)c2c1. The summed E-state index contributed by atoms with van der Waals surface area (Å²) < 4.78 is 0. The Labute approximate surface area is 125 Å². The van der Waals surface area contributed by atoms with E-state index in [1.807, 2.05) is 6.07 Å². The van der Waals surface area contributed by atoms with Gasteiger partial charge in [-0.3, -0.25) is 9.78 Å². The molecule has 2 heterocycles. The molecule has 5 nitrogen and oxygen atoms in total. The number of hydrogen-bond acceptors (Lipinski definition) is 3. The van der Waals surface area contributed by atoms with E-state index in [2.05, 4.69) is 9.97 Å². The third kappa shape index (κ3) is 2.78. The van der Waals surface area contributed by atoms with E-state index < -0.39 is 5.97 Å². The van der Waals surface area contributed by atoms with Crippen molar-refractivity contribution in [3.05, 3.63) is 70.7 Å². The highest BCUT2D eigenvalue weighted by Crippen LogP contribution is 2.18. The van der Waals surface area contributed by atoms with Crippen LogP contribution in [0.3, 0.4) is 0 Å². The van der Waals surface area contributed by atoms with Gasteiger partial charge in [0.2, 0.25) is 0 Å². The fourth-order valence-electron chi connectivity index (χ4n) is 2.21. The van der Waals surface area contributed by atoms with E-state index in [9.17, 15) is 9.59 Å². The Morgan fingerprint density at radius 2 is 2.09 bits per heavy atom. The van der Waals surface area contributed by atoms with Crippen LogP contribution in [0.5, 0.6) is 0 Å². The maximum Gasteiger partial charge on any atom is 0.328 e. The minimum absolute atomic E-state index is 0.127. The summed E-state index contributed by atoms with van der Waals surface area (Å²) in [5.41, 5.74) is 2.75. The lowest BCUT2D eigenvalue weighted by molar-refractivity contribution is -0.131. The summed E-state index contributed by atoms with van der Waals surface area (Å²) in [5.74, 6) is -1.03. The summed E-state index contributed by atoms with van der Waals surface area (Å²) in [5, 5.41) is 9.16. The van der Waals surface area contributed by atoms with E-state index in [1.54, 1.807) is 36.7 Å². The van der Waals surface area contributed by atoms with Crippen molar-refractivity contribution in [2.75, 3.05) is 0 Å². The molecule has 0 radical (unpaired) electrons. The molecule has 0 atom stereocenters. The van der Waals surface area contributed by atoms with Gasteiger partial charge in [0.1, 0.15) is 0 Å². The van der Waals surface area contributed by atoms with Crippen LogP contribution in [-0.2, 0) is 4.79 Å². The topological polar surface area (TPSA) is 83.0 Å². The van der Waals surface area contributed by atoms with Crippen molar-refractivity contribution in [2.45, 2.75) is 0 Å². The number of aromatic nitrogens is 2. The largest absolute Gasteiger partial charge is 0.478 e. The number of nitrogens with zero attached hydrogens (tertiary/aromatic N) is 1. The third-order valence-electron chi connectivity index (χ3n) is 3.24. The van der Waals surface area contributed by atoms with Crippen LogP contribution in [-0.4, -0.2) is 21.0 Å². The lowest BCUT2D eigenvalue weighted by Gasteiger charge is -2.05. The van der Waals surface area contributed by atoms with Crippen LogP contribution in [0.1, 0.15) is 5.56 Å².